The Labute approximate surface area is 195 Å². The fourth-order valence-electron chi connectivity index (χ4n) is 3.54. The van der Waals surface area contributed by atoms with Gasteiger partial charge in [-0.05, 0) is 44.2 Å². The molecular weight excluding hydrogens is 459 g/mol. The van der Waals surface area contributed by atoms with Gasteiger partial charge >= 0.3 is 6.18 Å². The smallest absolute Gasteiger partial charge is 0.418 e. The number of nitrogens with one attached hydrogen (secondary N) is 1. The third-order valence-corrected chi connectivity index (χ3v) is 5.30. The molecule has 33 heavy (non-hydrogen) atoms. The summed E-state index contributed by atoms with van der Waals surface area (Å²) in [6, 6.07) is 9.73. The van der Waals surface area contributed by atoms with E-state index in [9.17, 15) is 22.8 Å². The average molecular weight is 484 g/mol. The number of hydrogen-bond donors (Lipinski definition) is 1. The lowest BCUT2D eigenvalue weighted by atomic mass is 10.1. The molecule has 0 atom stereocenters. The van der Waals surface area contributed by atoms with Gasteiger partial charge in [-0.1, -0.05) is 23.7 Å². The van der Waals surface area contributed by atoms with Crippen molar-refractivity contribution >= 4 is 29.1 Å². The van der Waals surface area contributed by atoms with Crippen LogP contribution in [0.3, 0.4) is 0 Å². The first-order valence-corrected chi connectivity index (χ1v) is 10.9. The van der Waals surface area contributed by atoms with Crippen LogP contribution in [0.15, 0.2) is 42.5 Å². The van der Waals surface area contributed by atoms with Crippen molar-refractivity contribution in [1.29, 1.82) is 0 Å². The van der Waals surface area contributed by atoms with E-state index in [1.165, 1.54) is 18.2 Å². The number of anilines is 1. The lowest BCUT2D eigenvalue weighted by Gasteiger charge is -2.34. The summed E-state index contributed by atoms with van der Waals surface area (Å²) in [5, 5.41) is 2.76. The van der Waals surface area contributed by atoms with Crippen LogP contribution in [-0.2, 0) is 11.0 Å². The molecule has 1 heterocycles. The van der Waals surface area contributed by atoms with Crippen LogP contribution in [0.4, 0.5) is 18.9 Å². The van der Waals surface area contributed by atoms with Crippen LogP contribution in [0.25, 0.3) is 0 Å². The third-order valence-electron chi connectivity index (χ3n) is 5.07. The van der Waals surface area contributed by atoms with E-state index in [0.29, 0.717) is 42.5 Å². The van der Waals surface area contributed by atoms with Crippen molar-refractivity contribution in [3.05, 3.63) is 58.6 Å². The van der Waals surface area contributed by atoms with Crippen LogP contribution in [-0.4, -0.2) is 60.4 Å². The van der Waals surface area contributed by atoms with Crippen LogP contribution in [0.2, 0.25) is 5.02 Å². The molecule has 10 heteroatoms. The molecular formula is C23H25ClF3N3O3. The Bertz CT molecular complexity index is 1010. The zero-order valence-corrected chi connectivity index (χ0v) is 19.0. The Morgan fingerprint density at radius 1 is 1.09 bits per heavy atom. The predicted octanol–water partition coefficient (Wildman–Crippen LogP) is 4.54. The topological polar surface area (TPSA) is 61.9 Å². The molecule has 0 unspecified atom stereocenters. The minimum absolute atomic E-state index is 0.0763. The Morgan fingerprint density at radius 2 is 1.76 bits per heavy atom. The summed E-state index contributed by atoms with van der Waals surface area (Å²) in [5.41, 5.74) is -0.802. The van der Waals surface area contributed by atoms with Gasteiger partial charge in [0.1, 0.15) is 5.75 Å². The molecule has 6 nitrogen and oxygen atoms in total. The van der Waals surface area contributed by atoms with Crippen molar-refractivity contribution in [2.24, 2.45) is 0 Å². The van der Waals surface area contributed by atoms with E-state index in [0.717, 1.165) is 6.07 Å². The SMILES string of the molecule is CC(C)Oc1ccc(Cl)cc1C(=O)N1CCN(CC(=O)Nc2ccccc2C(F)(F)F)CC1. The van der Waals surface area contributed by atoms with Crippen LogP contribution >= 0.6 is 11.6 Å². The normalized spacial score (nSPS) is 14.9. The first-order chi connectivity index (χ1) is 15.5. The van der Waals surface area contributed by atoms with E-state index in [4.69, 9.17) is 16.3 Å². The number of halogens is 4. The quantitative estimate of drug-likeness (QED) is 0.655. The molecule has 2 amide bonds. The molecule has 0 spiro atoms. The summed E-state index contributed by atoms with van der Waals surface area (Å²) < 4.78 is 45.1. The van der Waals surface area contributed by atoms with Crippen molar-refractivity contribution in [1.82, 2.24) is 9.80 Å². The molecule has 178 valence electrons. The largest absolute Gasteiger partial charge is 0.490 e. The number of amides is 2. The molecule has 0 aliphatic carbocycles. The van der Waals surface area contributed by atoms with Gasteiger partial charge in [0.25, 0.3) is 5.91 Å². The number of ether oxygens (including phenoxy) is 1. The van der Waals surface area contributed by atoms with Crippen molar-refractivity contribution in [2.75, 3.05) is 38.0 Å². The molecule has 1 saturated heterocycles. The highest BCUT2D eigenvalue weighted by Crippen LogP contribution is 2.34. The number of benzene rings is 2. The van der Waals surface area contributed by atoms with Crippen molar-refractivity contribution in [3.63, 3.8) is 0 Å². The van der Waals surface area contributed by atoms with Gasteiger partial charge in [-0.25, -0.2) is 0 Å². The van der Waals surface area contributed by atoms with E-state index in [1.807, 2.05) is 13.8 Å². The number of rotatable bonds is 6. The molecule has 1 aliphatic rings. The second-order valence-electron chi connectivity index (χ2n) is 7.97. The number of piperazine rings is 1. The summed E-state index contributed by atoms with van der Waals surface area (Å²) in [4.78, 5) is 28.8. The predicted molar refractivity (Wildman–Crippen MR) is 120 cm³/mol. The fraction of sp³-hybridized carbons (Fsp3) is 0.391. The standard InChI is InChI=1S/C23H25ClF3N3O3/c1-15(2)33-20-8-7-16(24)13-17(20)22(32)30-11-9-29(10-12-30)14-21(31)28-19-6-4-3-5-18(19)23(25,26)27/h3-8,13,15H,9-12,14H2,1-2H3,(H,28,31). The van der Waals surface area contributed by atoms with E-state index in [-0.39, 0.29) is 24.2 Å². The number of carbonyl (C=O) groups is 2. The lowest BCUT2D eigenvalue weighted by Crippen LogP contribution is -2.50. The third kappa shape index (κ3) is 6.61. The highest BCUT2D eigenvalue weighted by atomic mass is 35.5. The van der Waals surface area contributed by atoms with Crippen molar-refractivity contribution < 1.29 is 27.5 Å². The molecule has 0 radical (unpaired) electrons. The Hall–Kier alpha value is -2.78. The molecule has 2 aromatic carbocycles. The summed E-state index contributed by atoms with van der Waals surface area (Å²) >= 11 is 6.07. The van der Waals surface area contributed by atoms with Crippen LogP contribution < -0.4 is 10.1 Å². The first kappa shape index (κ1) is 24.9. The van der Waals surface area contributed by atoms with Crippen molar-refractivity contribution in [2.45, 2.75) is 26.1 Å². The van der Waals surface area contributed by atoms with Gasteiger partial charge in [0.2, 0.25) is 5.91 Å². The second kappa shape index (κ2) is 10.4. The Kier molecular flexibility index (Phi) is 7.86. The number of alkyl halides is 3. The molecule has 1 N–H and O–H groups in total. The number of hydrogen-bond acceptors (Lipinski definition) is 4. The average Bonchev–Trinajstić information content (AvgIpc) is 2.74. The van der Waals surface area contributed by atoms with Gasteiger partial charge < -0.3 is 15.0 Å². The zero-order valence-electron chi connectivity index (χ0n) is 18.3. The van der Waals surface area contributed by atoms with E-state index >= 15 is 0 Å². The van der Waals surface area contributed by atoms with Gasteiger partial charge in [0, 0.05) is 31.2 Å². The molecule has 1 fully saturated rings. The number of carbonyl (C=O) groups excluding carboxylic acids is 2. The van der Waals surface area contributed by atoms with Gasteiger partial charge in [0.05, 0.1) is 29.5 Å². The Morgan fingerprint density at radius 3 is 2.39 bits per heavy atom. The minimum Gasteiger partial charge on any atom is -0.490 e. The highest BCUT2D eigenvalue weighted by molar-refractivity contribution is 6.31. The summed E-state index contributed by atoms with van der Waals surface area (Å²) in [5.74, 6) is -0.324. The number of para-hydroxylation sites is 1. The number of nitrogens with zero attached hydrogens (tertiary/aromatic N) is 2. The summed E-state index contributed by atoms with van der Waals surface area (Å²) in [6.45, 7) is 5.17. The fourth-order valence-corrected chi connectivity index (χ4v) is 3.71. The van der Waals surface area contributed by atoms with Crippen LogP contribution in [0.5, 0.6) is 5.75 Å². The van der Waals surface area contributed by atoms with E-state index < -0.39 is 17.6 Å². The maximum absolute atomic E-state index is 13.1. The van der Waals surface area contributed by atoms with Gasteiger partial charge in [0.15, 0.2) is 0 Å². The highest BCUT2D eigenvalue weighted by Gasteiger charge is 2.34. The van der Waals surface area contributed by atoms with Crippen LogP contribution in [0, 0.1) is 0 Å². The maximum atomic E-state index is 13.1. The molecule has 0 bridgehead atoms. The molecule has 3 rings (SSSR count). The van der Waals surface area contributed by atoms with Crippen molar-refractivity contribution in [3.8, 4) is 5.75 Å². The van der Waals surface area contributed by atoms with E-state index in [2.05, 4.69) is 5.32 Å². The summed E-state index contributed by atoms with van der Waals surface area (Å²) in [7, 11) is 0. The maximum Gasteiger partial charge on any atom is 0.418 e. The van der Waals surface area contributed by atoms with Gasteiger partial charge in [-0.2, -0.15) is 13.2 Å². The van der Waals surface area contributed by atoms with Crippen LogP contribution in [0.1, 0.15) is 29.8 Å². The zero-order chi connectivity index (χ0) is 24.2. The molecule has 1 aliphatic heterocycles. The van der Waals surface area contributed by atoms with Gasteiger partial charge in [-0.15, -0.1) is 0 Å². The summed E-state index contributed by atoms with van der Waals surface area (Å²) in [6.07, 6.45) is -4.68. The second-order valence-corrected chi connectivity index (χ2v) is 8.40. The molecule has 2 aromatic rings. The van der Waals surface area contributed by atoms with E-state index in [1.54, 1.807) is 28.0 Å². The molecule has 0 aromatic heterocycles. The first-order valence-electron chi connectivity index (χ1n) is 10.5. The Balaban J connectivity index is 1.58. The monoisotopic (exact) mass is 483 g/mol. The molecule has 0 saturated carbocycles. The lowest BCUT2D eigenvalue weighted by molar-refractivity contribution is -0.137. The minimum atomic E-state index is -4.56. The van der Waals surface area contributed by atoms with Gasteiger partial charge in [-0.3, -0.25) is 14.5 Å².